The highest BCUT2D eigenvalue weighted by Crippen LogP contribution is 2.74. The molecule has 0 aromatic heterocycles. The molecule has 3 nitrogen and oxygen atoms in total. The van der Waals surface area contributed by atoms with Gasteiger partial charge in [0.1, 0.15) is 0 Å². The third kappa shape index (κ3) is 1.09. The van der Waals surface area contributed by atoms with Crippen LogP contribution in [0.25, 0.3) is 0 Å². The lowest BCUT2D eigenvalue weighted by atomic mass is 9.68. The van der Waals surface area contributed by atoms with Gasteiger partial charge in [0.05, 0.1) is 5.54 Å². The first-order valence-corrected chi connectivity index (χ1v) is 7.58. The van der Waals surface area contributed by atoms with Gasteiger partial charge >= 0.3 is 0 Å². The zero-order valence-electron chi connectivity index (χ0n) is 11.6. The highest BCUT2D eigenvalue weighted by Gasteiger charge is 2.78. The standard InChI is InChI=1S/C15H25NO2/c1-11(2)15(17,18)14-9-12(3-4-12)10-16(14)8-7-13(14)5-6-13/h11,17-18H,3-10H2,1-2H3/t14-/m1/s1. The summed E-state index contributed by atoms with van der Waals surface area (Å²) >= 11 is 0. The molecule has 3 heteroatoms. The second-order valence-corrected chi connectivity index (χ2v) is 7.87. The van der Waals surface area contributed by atoms with Crippen LogP contribution in [0.5, 0.6) is 0 Å². The molecular formula is C15H25NO2. The molecule has 0 aromatic rings. The topological polar surface area (TPSA) is 43.7 Å². The van der Waals surface area contributed by atoms with E-state index in [1.165, 1.54) is 32.1 Å². The number of nitrogens with zero attached hydrogens (tertiary/aromatic N) is 1. The van der Waals surface area contributed by atoms with Crippen molar-refractivity contribution in [2.75, 3.05) is 13.1 Å². The average molecular weight is 251 g/mol. The Morgan fingerprint density at radius 3 is 2.22 bits per heavy atom. The van der Waals surface area contributed by atoms with E-state index in [0.29, 0.717) is 5.41 Å². The number of rotatable bonds is 2. The fourth-order valence-electron chi connectivity index (χ4n) is 5.16. The quantitative estimate of drug-likeness (QED) is 0.735. The van der Waals surface area contributed by atoms with E-state index in [0.717, 1.165) is 19.5 Å². The van der Waals surface area contributed by atoms with Crippen LogP contribution in [0.15, 0.2) is 0 Å². The lowest BCUT2D eigenvalue weighted by Crippen LogP contribution is -2.65. The van der Waals surface area contributed by atoms with Crippen LogP contribution in [0.1, 0.15) is 52.4 Å². The monoisotopic (exact) mass is 251 g/mol. The van der Waals surface area contributed by atoms with Crippen molar-refractivity contribution in [3.05, 3.63) is 0 Å². The van der Waals surface area contributed by atoms with E-state index in [1.54, 1.807) is 0 Å². The lowest BCUT2D eigenvalue weighted by molar-refractivity contribution is -0.275. The van der Waals surface area contributed by atoms with Gasteiger partial charge in [0.15, 0.2) is 5.79 Å². The molecule has 4 fully saturated rings. The van der Waals surface area contributed by atoms with Gasteiger partial charge in [0.25, 0.3) is 0 Å². The Morgan fingerprint density at radius 1 is 1.06 bits per heavy atom. The average Bonchev–Trinajstić information content (AvgIpc) is 3.13. The summed E-state index contributed by atoms with van der Waals surface area (Å²) in [7, 11) is 0. The van der Waals surface area contributed by atoms with E-state index in [-0.39, 0.29) is 16.9 Å². The molecule has 2 aliphatic heterocycles. The first-order chi connectivity index (χ1) is 8.38. The lowest BCUT2D eigenvalue weighted by Gasteiger charge is -2.49. The minimum absolute atomic E-state index is 0.0931. The maximum Gasteiger partial charge on any atom is 0.184 e. The van der Waals surface area contributed by atoms with Gasteiger partial charge in [0, 0.05) is 12.5 Å². The fourth-order valence-corrected chi connectivity index (χ4v) is 5.16. The molecule has 0 aromatic carbocycles. The third-order valence-corrected chi connectivity index (χ3v) is 6.66. The number of fused-ring (bicyclic) bond motifs is 2. The van der Waals surface area contributed by atoms with Gasteiger partial charge in [-0.2, -0.15) is 0 Å². The van der Waals surface area contributed by atoms with Crippen molar-refractivity contribution in [1.29, 1.82) is 0 Å². The van der Waals surface area contributed by atoms with E-state index < -0.39 is 5.79 Å². The minimum Gasteiger partial charge on any atom is -0.364 e. The molecule has 0 amide bonds. The van der Waals surface area contributed by atoms with Crippen molar-refractivity contribution < 1.29 is 10.2 Å². The van der Waals surface area contributed by atoms with Crippen LogP contribution in [-0.2, 0) is 0 Å². The Kier molecular flexibility index (Phi) is 1.93. The summed E-state index contributed by atoms with van der Waals surface area (Å²) in [6, 6.07) is 0. The zero-order chi connectivity index (χ0) is 12.8. The van der Waals surface area contributed by atoms with Crippen molar-refractivity contribution in [2.45, 2.75) is 63.7 Å². The van der Waals surface area contributed by atoms with Gasteiger partial charge in [-0.15, -0.1) is 0 Å². The zero-order valence-corrected chi connectivity index (χ0v) is 11.6. The molecule has 18 heavy (non-hydrogen) atoms. The maximum atomic E-state index is 10.9. The molecule has 2 aliphatic carbocycles. The summed E-state index contributed by atoms with van der Waals surface area (Å²) in [5.41, 5.74) is 0.346. The SMILES string of the molecule is CC(C)C(O)(O)[C@]12CC3(CC3)CN1CCC21CC1. The van der Waals surface area contributed by atoms with Gasteiger partial charge in [-0.3, -0.25) is 4.90 Å². The molecule has 102 valence electrons. The van der Waals surface area contributed by atoms with Gasteiger partial charge in [-0.05, 0) is 55.9 Å². The summed E-state index contributed by atoms with van der Waals surface area (Å²) in [5.74, 6) is -1.61. The van der Waals surface area contributed by atoms with Gasteiger partial charge in [-0.1, -0.05) is 13.8 Å². The number of hydrogen-bond donors (Lipinski definition) is 2. The van der Waals surface area contributed by atoms with E-state index in [1.807, 2.05) is 13.8 Å². The van der Waals surface area contributed by atoms with Crippen LogP contribution in [0.2, 0.25) is 0 Å². The molecule has 0 radical (unpaired) electrons. The highest BCUT2D eigenvalue weighted by atomic mass is 16.5. The van der Waals surface area contributed by atoms with Crippen LogP contribution in [-0.4, -0.2) is 39.5 Å². The molecule has 0 unspecified atom stereocenters. The number of hydrogen-bond acceptors (Lipinski definition) is 3. The highest BCUT2D eigenvalue weighted by molar-refractivity contribution is 5.29. The van der Waals surface area contributed by atoms with Crippen LogP contribution in [0.4, 0.5) is 0 Å². The first kappa shape index (κ1) is 11.7. The molecule has 2 saturated carbocycles. The van der Waals surface area contributed by atoms with E-state index >= 15 is 0 Å². The minimum atomic E-state index is -1.52. The van der Waals surface area contributed by atoms with Crippen molar-refractivity contribution in [1.82, 2.24) is 4.90 Å². The maximum absolute atomic E-state index is 10.9. The Hall–Kier alpha value is -0.120. The van der Waals surface area contributed by atoms with Crippen molar-refractivity contribution in [3.8, 4) is 0 Å². The Bertz CT molecular complexity index is 395. The summed E-state index contributed by atoms with van der Waals surface area (Å²) in [6.45, 7) is 6.11. The predicted molar refractivity (Wildman–Crippen MR) is 68.9 cm³/mol. The predicted octanol–water partition coefficient (Wildman–Crippen LogP) is 1.73. The molecule has 2 spiro atoms. The summed E-state index contributed by atoms with van der Waals surface area (Å²) < 4.78 is 0. The Labute approximate surface area is 109 Å². The van der Waals surface area contributed by atoms with Crippen molar-refractivity contribution in [2.24, 2.45) is 16.7 Å². The molecule has 2 saturated heterocycles. The van der Waals surface area contributed by atoms with E-state index in [9.17, 15) is 10.2 Å². The Balaban J connectivity index is 1.82. The smallest absolute Gasteiger partial charge is 0.184 e. The summed E-state index contributed by atoms with van der Waals surface area (Å²) in [5, 5.41) is 21.8. The molecular weight excluding hydrogens is 226 g/mol. The second kappa shape index (κ2) is 2.97. The largest absolute Gasteiger partial charge is 0.364 e. The fraction of sp³-hybridized carbons (Fsp3) is 1.00. The Morgan fingerprint density at radius 2 is 1.72 bits per heavy atom. The molecule has 1 atom stereocenters. The molecule has 2 heterocycles. The van der Waals surface area contributed by atoms with Crippen molar-refractivity contribution in [3.63, 3.8) is 0 Å². The van der Waals surface area contributed by atoms with Crippen LogP contribution < -0.4 is 0 Å². The van der Waals surface area contributed by atoms with E-state index in [2.05, 4.69) is 4.90 Å². The molecule has 2 N–H and O–H groups in total. The van der Waals surface area contributed by atoms with Gasteiger partial charge in [-0.25, -0.2) is 0 Å². The normalized spacial score (nSPS) is 39.8. The van der Waals surface area contributed by atoms with Crippen LogP contribution >= 0.6 is 0 Å². The summed E-state index contributed by atoms with van der Waals surface area (Å²) in [6.07, 6.45) is 7.22. The van der Waals surface area contributed by atoms with Crippen molar-refractivity contribution >= 4 is 0 Å². The second-order valence-electron chi connectivity index (χ2n) is 7.87. The number of aliphatic hydroxyl groups is 2. The van der Waals surface area contributed by atoms with Gasteiger partial charge in [0.2, 0.25) is 0 Å². The van der Waals surface area contributed by atoms with Crippen LogP contribution in [0.3, 0.4) is 0 Å². The van der Waals surface area contributed by atoms with E-state index in [4.69, 9.17) is 0 Å². The molecule has 4 rings (SSSR count). The first-order valence-electron chi connectivity index (χ1n) is 7.58. The summed E-state index contributed by atoms with van der Waals surface area (Å²) in [4.78, 5) is 2.47. The molecule has 4 aliphatic rings. The van der Waals surface area contributed by atoms with Gasteiger partial charge < -0.3 is 10.2 Å². The third-order valence-electron chi connectivity index (χ3n) is 6.66. The molecule has 0 bridgehead atoms. The van der Waals surface area contributed by atoms with Crippen LogP contribution in [0, 0.1) is 16.7 Å².